The number of nitrogens with zero attached hydrogens (tertiary/aromatic N) is 2. The van der Waals surface area contributed by atoms with Crippen LogP contribution >= 0.6 is 23.1 Å². The third kappa shape index (κ3) is 3.70. The number of ketones is 1. The van der Waals surface area contributed by atoms with Crippen molar-refractivity contribution in [1.82, 2.24) is 10.2 Å². The van der Waals surface area contributed by atoms with Gasteiger partial charge in [0, 0.05) is 0 Å². The van der Waals surface area contributed by atoms with Crippen LogP contribution in [0.3, 0.4) is 0 Å². The second-order valence-electron chi connectivity index (χ2n) is 10.4. The van der Waals surface area contributed by atoms with E-state index in [2.05, 4.69) is 31.0 Å². The van der Waals surface area contributed by atoms with E-state index in [1.807, 2.05) is 13.0 Å². The summed E-state index contributed by atoms with van der Waals surface area (Å²) < 4.78 is 14.1. The van der Waals surface area contributed by atoms with Gasteiger partial charge in [-0.15, -0.1) is 10.2 Å². The molecule has 2 bridgehead atoms. The van der Waals surface area contributed by atoms with Gasteiger partial charge in [0.25, 0.3) is 0 Å². The lowest BCUT2D eigenvalue weighted by Gasteiger charge is -2.64. The van der Waals surface area contributed by atoms with E-state index < -0.39 is 7.12 Å². The van der Waals surface area contributed by atoms with Crippen molar-refractivity contribution < 1.29 is 19.2 Å². The highest BCUT2D eigenvalue weighted by atomic mass is 32.2. The van der Waals surface area contributed by atoms with E-state index in [0.29, 0.717) is 29.0 Å². The average molecular weight is 487 g/mol. The molecule has 33 heavy (non-hydrogen) atoms. The Morgan fingerprint density at radius 3 is 2.76 bits per heavy atom. The Labute approximate surface area is 203 Å². The fourth-order valence-electron chi connectivity index (χ4n) is 6.27. The zero-order valence-electron chi connectivity index (χ0n) is 19.6. The number of nitrogen functional groups attached to an aromatic ring is 1. The molecule has 7 nitrogen and oxygen atoms in total. The molecule has 1 saturated heterocycles. The predicted molar refractivity (Wildman–Crippen MR) is 131 cm³/mol. The molecule has 0 amide bonds. The van der Waals surface area contributed by atoms with E-state index >= 15 is 0 Å². The number of thioether (sulfide) groups is 1. The number of nitrogens with two attached hydrogens (primary N) is 1. The Morgan fingerprint density at radius 1 is 1.36 bits per heavy atom. The fraction of sp³-hybridized carbons (Fsp3) is 0.609. The van der Waals surface area contributed by atoms with Crippen LogP contribution in [0.2, 0.25) is 0 Å². The van der Waals surface area contributed by atoms with Gasteiger partial charge < -0.3 is 20.1 Å². The third-order valence-electron chi connectivity index (χ3n) is 8.28. The topological polar surface area (TPSA) is 108 Å². The minimum atomic E-state index is -0.417. The standard InChI is InChI=1S/C23H30BN3O4S2/c1-11-13(6-7-15(29)19(11)12(2)28)8-18(32-21-27-26-20(25)33-21)24-30-17-10-14-9-16(22(14,3)4)23(17,5)31-24/h6-7,14,16-18,29H,8-10H2,1-5H3,(H2,25,26)/t14?,16?,17?,18-,23-/m0/s1. The average Bonchev–Trinajstić information content (AvgIpc) is 3.30. The van der Waals surface area contributed by atoms with Gasteiger partial charge in [0.1, 0.15) is 5.75 Å². The van der Waals surface area contributed by atoms with Gasteiger partial charge in [-0.1, -0.05) is 43.0 Å². The second kappa shape index (κ2) is 7.97. The molecule has 5 atom stereocenters. The van der Waals surface area contributed by atoms with Crippen molar-refractivity contribution in [1.29, 1.82) is 0 Å². The Morgan fingerprint density at radius 2 is 2.12 bits per heavy atom. The Hall–Kier alpha value is -1.62. The Bertz CT molecular complexity index is 1110. The monoisotopic (exact) mass is 487 g/mol. The smallest absolute Gasteiger partial charge is 0.472 e. The summed E-state index contributed by atoms with van der Waals surface area (Å²) in [4.78, 5) is 12.1. The highest BCUT2D eigenvalue weighted by molar-refractivity contribution is 8.02. The first-order valence-electron chi connectivity index (χ1n) is 11.4. The van der Waals surface area contributed by atoms with Crippen molar-refractivity contribution in [2.75, 3.05) is 5.73 Å². The highest BCUT2D eigenvalue weighted by Crippen LogP contribution is 2.66. The fourth-order valence-corrected chi connectivity index (χ4v) is 8.27. The Kier molecular flexibility index (Phi) is 5.59. The third-order valence-corrected chi connectivity index (χ3v) is 10.3. The summed E-state index contributed by atoms with van der Waals surface area (Å²) in [5.41, 5.74) is 7.92. The SMILES string of the molecule is CC(=O)c1c(O)ccc(C[C@H](Sc2nnc(N)s2)B2OC3CC4CC(C4(C)C)[C@]3(C)O2)c1C. The first-order valence-corrected chi connectivity index (χ1v) is 13.1. The molecule has 4 fully saturated rings. The van der Waals surface area contributed by atoms with Crippen molar-refractivity contribution in [3.05, 3.63) is 28.8 Å². The number of aromatic hydroxyl groups is 1. The number of carbonyl (C=O) groups excluding carboxylic acids is 1. The summed E-state index contributed by atoms with van der Waals surface area (Å²) in [5.74, 6) is 1.01. The molecule has 1 aromatic heterocycles. The zero-order chi connectivity index (χ0) is 23.7. The molecule has 2 aromatic rings. The maximum absolute atomic E-state index is 12.1. The normalized spacial score (nSPS) is 30.6. The summed E-state index contributed by atoms with van der Waals surface area (Å²) in [6.45, 7) is 10.3. The van der Waals surface area contributed by atoms with E-state index in [4.69, 9.17) is 15.0 Å². The number of Topliss-reactive ketones (excluding diaryl/α,β-unsaturated/α-hetero) is 1. The van der Waals surface area contributed by atoms with Gasteiger partial charge in [0.15, 0.2) is 10.1 Å². The van der Waals surface area contributed by atoms with E-state index in [0.717, 1.165) is 21.9 Å². The van der Waals surface area contributed by atoms with Crippen LogP contribution in [0.4, 0.5) is 5.13 Å². The van der Waals surface area contributed by atoms with E-state index in [-0.39, 0.29) is 33.8 Å². The van der Waals surface area contributed by atoms with Gasteiger partial charge in [0.2, 0.25) is 5.13 Å². The molecule has 3 unspecified atom stereocenters. The van der Waals surface area contributed by atoms with Crippen molar-refractivity contribution in [3.63, 3.8) is 0 Å². The van der Waals surface area contributed by atoms with Crippen molar-refractivity contribution >= 4 is 41.1 Å². The van der Waals surface area contributed by atoms with Crippen molar-refractivity contribution in [3.8, 4) is 5.75 Å². The van der Waals surface area contributed by atoms with Gasteiger partial charge in [-0.25, -0.2) is 0 Å². The van der Waals surface area contributed by atoms with Gasteiger partial charge in [-0.05, 0) is 74.5 Å². The molecule has 3 N–H and O–H groups in total. The molecule has 176 valence electrons. The minimum Gasteiger partial charge on any atom is -0.507 e. The summed E-state index contributed by atoms with van der Waals surface area (Å²) in [5, 5.41) is 18.7. The summed E-state index contributed by atoms with van der Waals surface area (Å²) in [6, 6.07) is 3.47. The van der Waals surface area contributed by atoms with Gasteiger partial charge in [0.05, 0.1) is 22.4 Å². The van der Waals surface area contributed by atoms with Crippen LogP contribution < -0.4 is 5.73 Å². The number of aromatic nitrogens is 2. The summed E-state index contributed by atoms with van der Waals surface area (Å²) >= 11 is 2.90. The van der Waals surface area contributed by atoms with E-state index in [1.165, 1.54) is 24.7 Å². The lowest BCUT2D eigenvalue weighted by molar-refractivity contribution is -0.199. The van der Waals surface area contributed by atoms with Crippen LogP contribution in [-0.2, 0) is 15.7 Å². The number of rotatable bonds is 6. The van der Waals surface area contributed by atoms with E-state index in [1.54, 1.807) is 17.8 Å². The largest absolute Gasteiger partial charge is 0.507 e. The Balaban J connectivity index is 1.45. The number of phenolic OH excluding ortho intramolecular Hbond substituents is 1. The molecule has 3 aliphatic carbocycles. The first-order chi connectivity index (χ1) is 15.5. The second-order valence-corrected chi connectivity index (χ2v) is 12.9. The highest BCUT2D eigenvalue weighted by Gasteiger charge is 2.68. The molecule has 1 aliphatic heterocycles. The number of phenols is 1. The van der Waals surface area contributed by atoms with Gasteiger partial charge in [-0.2, -0.15) is 0 Å². The van der Waals surface area contributed by atoms with Crippen LogP contribution in [0.25, 0.3) is 0 Å². The lowest BCUT2D eigenvalue weighted by Crippen LogP contribution is -2.65. The first kappa shape index (κ1) is 23.1. The quantitative estimate of drug-likeness (QED) is 0.353. The molecule has 10 heteroatoms. The molecule has 4 aliphatic rings. The predicted octanol–water partition coefficient (Wildman–Crippen LogP) is 4.31. The number of anilines is 1. The lowest BCUT2D eigenvalue weighted by atomic mass is 9.43. The van der Waals surface area contributed by atoms with Crippen LogP contribution in [0.15, 0.2) is 16.5 Å². The number of hydrogen-bond donors (Lipinski definition) is 2. The maximum atomic E-state index is 12.1. The molecule has 1 aromatic carbocycles. The number of hydrogen-bond acceptors (Lipinski definition) is 9. The van der Waals surface area contributed by atoms with Crippen LogP contribution in [0.5, 0.6) is 5.75 Å². The van der Waals surface area contributed by atoms with Gasteiger partial charge >= 0.3 is 7.12 Å². The maximum Gasteiger partial charge on any atom is 0.472 e. The number of carbonyl (C=O) groups is 1. The molecule has 0 spiro atoms. The number of benzene rings is 1. The molecule has 6 rings (SSSR count). The van der Waals surface area contributed by atoms with Crippen LogP contribution in [-0.4, -0.2) is 45.1 Å². The minimum absolute atomic E-state index is 0.0127. The molecule has 2 heterocycles. The van der Waals surface area contributed by atoms with Crippen LogP contribution in [0, 0.1) is 24.2 Å². The summed E-state index contributed by atoms with van der Waals surface area (Å²) in [7, 11) is -0.417. The van der Waals surface area contributed by atoms with Crippen LogP contribution in [0.1, 0.15) is 62.0 Å². The van der Waals surface area contributed by atoms with Crippen molar-refractivity contribution in [2.24, 2.45) is 17.3 Å². The summed E-state index contributed by atoms with van der Waals surface area (Å²) in [6.07, 6.45) is 2.89. The molecular formula is C23H30BN3O4S2. The van der Waals surface area contributed by atoms with E-state index in [9.17, 15) is 9.90 Å². The molecule has 3 saturated carbocycles. The van der Waals surface area contributed by atoms with Crippen molar-refractivity contribution in [2.45, 2.75) is 75.1 Å². The molecule has 0 radical (unpaired) electrons. The zero-order valence-corrected chi connectivity index (χ0v) is 21.3. The molecular weight excluding hydrogens is 457 g/mol. The van der Waals surface area contributed by atoms with Gasteiger partial charge in [-0.3, -0.25) is 4.79 Å².